The van der Waals surface area contributed by atoms with E-state index in [0.29, 0.717) is 12.1 Å². The molecule has 0 bridgehead atoms. The van der Waals surface area contributed by atoms with Crippen LogP contribution < -0.4 is 9.62 Å². The molecule has 0 aromatic heterocycles. The van der Waals surface area contributed by atoms with Crippen LogP contribution in [-0.2, 0) is 26.2 Å². The van der Waals surface area contributed by atoms with Gasteiger partial charge in [-0.15, -0.1) is 0 Å². The lowest BCUT2D eigenvalue weighted by molar-refractivity contribution is -0.141. The van der Waals surface area contributed by atoms with Gasteiger partial charge in [-0.1, -0.05) is 44.2 Å². The summed E-state index contributed by atoms with van der Waals surface area (Å²) in [6, 6.07) is 14.0. The zero-order valence-corrected chi connectivity index (χ0v) is 21.7. The average molecular weight is 506 g/mol. The van der Waals surface area contributed by atoms with Gasteiger partial charge in [-0.3, -0.25) is 13.9 Å². The maximum atomic E-state index is 13.3. The Bertz CT molecular complexity index is 1060. The van der Waals surface area contributed by atoms with Crippen LogP contribution in [0.3, 0.4) is 0 Å². The number of rotatable bonds is 13. The number of carbonyl (C=O) groups excluding carboxylic acids is 2. The van der Waals surface area contributed by atoms with Crippen molar-refractivity contribution in [2.24, 2.45) is 0 Å². The average Bonchev–Trinajstić information content (AvgIpc) is 2.82. The summed E-state index contributed by atoms with van der Waals surface area (Å²) in [6.07, 6.45) is 2.61. The van der Waals surface area contributed by atoms with Gasteiger partial charge in [-0.2, -0.15) is 0 Å². The zero-order chi connectivity index (χ0) is 26.0. The lowest BCUT2D eigenvalue weighted by Crippen LogP contribution is -2.50. The van der Waals surface area contributed by atoms with Gasteiger partial charge < -0.3 is 10.2 Å². The van der Waals surface area contributed by atoms with E-state index in [4.69, 9.17) is 0 Å². The highest BCUT2D eigenvalue weighted by molar-refractivity contribution is 7.92. The maximum absolute atomic E-state index is 13.3. The fourth-order valence-corrected chi connectivity index (χ4v) is 4.72. The predicted octanol–water partition coefficient (Wildman–Crippen LogP) is 4.09. The third-order valence-electron chi connectivity index (χ3n) is 5.85. The molecule has 0 aliphatic carbocycles. The third kappa shape index (κ3) is 8.65. The second-order valence-electron chi connectivity index (χ2n) is 8.66. The summed E-state index contributed by atoms with van der Waals surface area (Å²) >= 11 is 0. The Balaban J connectivity index is 2.18. The Morgan fingerprint density at radius 1 is 1.00 bits per heavy atom. The smallest absolute Gasteiger partial charge is 0.243 e. The van der Waals surface area contributed by atoms with Crippen molar-refractivity contribution in [1.29, 1.82) is 0 Å². The van der Waals surface area contributed by atoms with Crippen molar-refractivity contribution in [1.82, 2.24) is 10.2 Å². The summed E-state index contributed by atoms with van der Waals surface area (Å²) in [4.78, 5) is 27.9. The Hall–Kier alpha value is -2.94. The number of carbonyl (C=O) groups is 2. The molecule has 2 aromatic carbocycles. The number of sulfonamides is 1. The molecule has 2 amide bonds. The maximum Gasteiger partial charge on any atom is 0.243 e. The number of nitrogens with zero attached hydrogens (tertiary/aromatic N) is 2. The van der Waals surface area contributed by atoms with E-state index in [-0.39, 0.29) is 43.8 Å². The summed E-state index contributed by atoms with van der Waals surface area (Å²) in [7, 11) is -3.63. The van der Waals surface area contributed by atoms with Gasteiger partial charge in [-0.25, -0.2) is 12.8 Å². The highest BCUT2D eigenvalue weighted by Crippen LogP contribution is 2.20. The number of halogens is 1. The predicted molar refractivity (Wildman–Crippen MR) is 137 cm³/mol. The lowest BCUT2D eigenvalue weighted by atomic mass is 10.1. The van der Waals surface area contributed by atoms with Gasteiger partial charge in [0, 0.05) is 25.6 Å². The Morgan fingerprint density at radius 2 is 1.63 bits per heavy atom. The quantitative estimate of drug-likeness (QED) is 0.444. The van der Waals surface area contributed by atoms with Crippen molar-refractivity contribution < 1.29 is 22.4 Å². The first kappa shape index (κ1) is 28.3. The lowest BCUT2D eigenvalue weighted by Gasteiger charge is -2.32. The topological polar surface area (TPSA) is 86.8 Å². The van der Waals surface area contributed by atoms with E-state index in [1.165, 1.54) is 24.3 Å². The van der Waals surface area contributed by atoms with Gasteiger partial charge in [0.2, 0.25) is 21.8 Å². The minimum absolute atomic E-state index is 0.00995. The monoisotopic (exact) mass is 505 g/mol. The molecule has 0 radical (unpaired) electrons. The van der Waals surface area contributed by atoms with Crippen LogP contribution in [0, 0.1) is 5.82 Å². The molecule has 0 heterocycles. The normalized spacial score (nSPS) is 13.1. The fourth-order valence-electron chi connectivity index (χ4n) is 3.75. The van der Waals surface area contributed by atoms with Crippen LogP contribution in [0.2, 0.25) is 0 Å². The van der Waals surface area contributed by atoms with Gasteiger partial charge >= 0.3 is 0 Å². The van der Waals surface area contributed by atoms with Crippen LogP contribution in [0.15, 0.2) is 54.6 Å². The number of nitrogens with one attached hydrogen (secondary N) is 1. The molecule has 0 saturated carbocycles. The SMILES string of the molecule is CC[C@H](C)NC(=O)[C@H](CC)N(Cc1ccccc1)C(=O)CCCN(c1ccc(F)cc1)S(C)(=O)=O. The van der Waals surface area contributed by atoms with E-state index in [1.54, 1.807) is 4.90 Å². The molecule has 35 heavy (non-hydrogen) atoms. The van der Waals surface area contributed by atoms with E-state index < -0.39 is 21.9 Å². The van der Waals surface area contributed by atoms with Crippen LogP contribution in [0.5, 0.6) is 0 Å². The molecule has 2 atom stereocenters. The molecule has 0 unspecified atom stereocenters. The van der Waals surface area contributed by atoms with Crippen LogP contribution in [0.1, 0.15) is 52.0 Å². The first-order valence-corrected chi connectivity index (χ1v) is 13.8. The van der Waals surface area contributed by atoms with Crippen molar-refractivity contribution in [3.05, 3.63) is 66.0 Å². The van der Waals surface area contributed by atoms with E-state index in [0.717, 1.165) is 22.5 Å². The number of amides is 2. The van der Waals surface area contributed by atoms with Crippen molar-refractivity contribution >= 4 is 27.5 Å². The van der Waals surface area contributed by atoms with Crippen LogP contribution in [0.25, 0.3) is 0 Å². The number of hydrogen-bond acceptors (Lipinski definition) is 4. The van der Waals surface area contributed by atoms with Crippen molar-refractivity contribution in [2.75, 3.05) is 17.1 Å². The van der Waals surface area contributed by atoms with Gasteiger partial charge in [0.1, 0.15) is 11.9 Å². The molecule has 1 N–H and O–H groups in total. The van der Waals surface area contributed by atoms with Crippen molar-refractivity contribution in [3.63, 3.8) is 0 Å². The summed E-state index contributed by atoms with van der Waals surface area (Å²) in [5, 5.41) is 2.97. The van der Waals surface area contributed by atoms with E-state index in [1.807, 2.05) is 51.1 Å². The number of hydrogen-bond donors (Lipinski definition) is 1. The van der Waals surface area contributed by atoms with Crippen molar-refractivity contribution in [2.45, 2.75) is 65.1 Å². The number of benzene rings is 2. The summed E-state index contributed by atoms with van der Waals surface area (Å²) in [6.45, 7) is 6.10. The van der Waals surface area contributed by atoms with Crippen LogP contribution in [-0.4, -0.2) is 50.0 Å². The molecule has 9 heteroatoms. The highest BCUT2D eigenvalue weighted by atomic mass is 32.2. The molecule has 0 fully saturated rings. The number of anilines is 1. The van der Waals surface area contributed by atoms with Crippen molar-refractivity contribution in [3.8, 4) is 0 Å². The van der Waals surface area contributed by atoms with Crippen LogP contribution in [0.4, 0.5) is 10.1 Å². The minimum Gasteiger partial charge on any atom is -0.352 e. The molecular formula is C26H36FN3O4S. The molecular weight excluding hydrogens is 469 g/mol. The summed E-state index contributed by atoms with van der Waals surface area (Å²) in [5.74, 6) is -0.891. The Kier molecular flexibility index (Phi) is 10.7. The molecule has 192 valence electrons. The van der Waals surface area contributed by atoms with Gasteiger partial charge in [0.05, 0.1) is 11.9 Å². The molecule has 0 spiro atoms. The highest BCUT2D eigenvalue weighted by Gasteiger charge is 2.29. The third-order valence-corrected chi connectivity index (χ3v) is 7.04. The Labute approximate surface area is 208 Å². The minimum atomic E-state index is -3.63. The second kappa shape index (κ2) is 13.2. The molecule has 0 aliphatic rings. The zero-order valence-electron chi connectivity index (χ0n) is 20.9. The molecule has 0 aliphatic heterocycles. The first-order valence-electron chi connectivity index (χ1n) is 11.9. The fraction of sp³-hybridized carbons (Fsp3) is 0.462. The molecule has 7 nitrogen and oxygen atoms in total. The van der Waals surface area contributed by atoms with Gasteiger partial charge in [-0.05, 0) is 56.0 Å². The standard InChI is InChI=1S/C26H36FN3O4S/c1-5-20(3)28-26(32)24(6-2)29(19-21-11-8-7-9-12-21)25(31)13-10-18-30(35(4,33)34)23-16-14-22(27)15-17-23/h7-9,11-12,14-17,20,24H,5-6,10,13,18-19H2,1-4H3,(H,28,32)/t20-,24-/m0/s1. The van der Waals surface area contributed by atoms with Gasteiger partial charge in [0.15, 0.2) is 0 Å². The van der Waals surface area contributed by atoms with E-state index in [9.17, 15) is 22.4 Å². The summed E-state index contributed by atoms with van der Waals surface area (Å²) in [5.41, 5.74) is 1.24. The Morgan fingerprint density at radius 3 is 2.17 bits per heavy atom. The summed E-state index contributed by atoms with van der Waals surface area (Å²) < 4.78 is 39.1. The largest absolute Gasteiger partial charge is 0.352 e. The second-order valence-corrected chi connectivity index (χ2v) is 10.6. The van der Waals surface area contributed by atoms with E-state index >= 15 is 0 Å². The van der Waals surface area contributed by atoms with Crippen LogP contribution >= 0.6 is 0 Å². The first-order chi connectivity index (χ1) is 16.6. The molecule has 2 aromatic rings. The molecule has 2 rings (SSSR count). The van der Waals surface area contributed by atoms with Gasteiger partial charge in [0.25, 0.3) is 0 Å². The van der Waals surface area contributed by atoms with E-state index in [2.05, 4.69) is 5.32 Å². The molecule has 0 saturated heterocycles.